The van der Waals surface area contributed by atoms with E-state index >= 15 is 0 Å². The highest BCUT2D eigenvalue weighted by Crippen LogP contribution is 2.33. The molecule has 2 N–H and O–H groups in total. The Hall–Kier alpha value is -3.63. The molecule has 2 aliphatic rings. The molecule has 1 amide bonds. The molecule has 2 aromatic heterocycles. The fraction of sp³-hybridized carbons (Fsp3) is 0.500. The van der Waals surface area contributed by atoms with Crippen molar-refractivity contribution in [2.45, 2.75) is 25.9 Å². The van der Waals surface area contributed by atoms with E-state index < -0.39 is 0 Å². The Bertz CT molecular complexity index is 1360. The fourth-order valence-electron chi connectivity index (χ4n) is 5.59. The minimum Gasteiger partial charge on any atom is -0.368 e. The molecule has 40 heavy (non-hydrogen) atoms. The number of nitrogen functional groups attached to an aromatic ring is 1. The Morgan fingerprint density at radius 1 is 0.950 bits per heavy atom. The number of likely N-dealkylation sites (N-methyl/N-ethyl adjacent to an activating group) is 3. The van der Waals surface area contributed by atoms with Crippen molar-refractivity contribution >= 4 is 23.5 Å². The average molecular weight is 546 g/mol. The molecule has 214 valence electrons. The van der Waals surface area contributed by atoms with Crippen LogP contribution in [0.1, 0.15) is 28.5 Å². The Kier molecular flexibility index (Phi) is 8.00. The van der Waals surface area contributed by atoms with E-state index in [9.17, 15) is 4.79 Å². The number of hydrogen-bond acceptors (Lipinski definition) is 8. The number of anilines is 3. The molecule has 10 nitrogen and oxygen atoms in total. The number of amides is 1. The summed E-state index contributed by atoms with van der Waals surface area (Å²) in [6.45, 7) is 8.38. The number of carbonyl (C=O) groups excluding carboxylic acids is 1. The quantitative estimate of drug-likeness (QED) is 0.484. The second kappa shape index (κ2) is 11.5. The van der Waals surface area contributed by atoms with Crippen LogP contribution in [0, 0.1) is 0 Å². The van der Waals surface area contributed by atoms with Gasteiger partial charge >= 0.3 is 0 Å². The van der Waals surface area contributed by atoms with Crippen molar-refractivity contribution in [3.05, 3.63) is 53.3 Å². The number of fused-ring (bicyclic) bond motifs is 1. The normalized spacial score (nSPS) is 17.8. The van der Waals surface area contributed by atoms with Gasteiger partial charge in [-0.05, 0) is 63.3 Å². The van der Waals surface area contributed by atoms with Crippen molar-refractivity contribution in [1.82, 2.24) is 29.2 Å². The van der Waals surface area contributed by atoms with E-state index in [1.807, 2.05) is 45.0 Å². The number of nitrogens with zero attached hydrogens (tertiary/aromatic N) is 8. The van der Waals surface area contributed by atoms with Crippen molar-refractivity contribution in [3.63, 3.8) is 0 Å². The van der Waals surface area contributed by atoms with Gasteiger partial charge < -0.3 is 34.8 Å². The van der Waals surface area contributed by atoms with Gasteiger partial charge in [-0.25, -0.2) is 0 Å². The third-order valence-electron chi connectivity index (χ3n) is 8.22. The van der Waals surface area contributed by atoms with Gasteiger partial charge in [-0.15, -0.1) is 0 Å². The fourth-order valence-corrected chi connectivity index (χ4v) is 5.59. The second-order valence-electron chi connectivity index (χ2n) is 11.7. The molecule has 10 heteroatoms. The minimum atomic E-state index is 0.0334. The smallest absolute Gasteiger partial charge is 0.270 e. The van der Waals surface area contributed by atoms with Crippen LogP contribution in [0.5, 0.6) is 0 Å². The molecule has 1 fully saturated rings. The van der Waals surface area contributed by atoms with Crippen molar-refractivity contribution in [3.8, 4) is 11.1 Å². The lowest BCUT2D eigenvalue weighted by atomic mass is 9.92. The second-order valence-corrected chi connectivity index (χ2v) is 11.7. The van der Waals surface area contributed by atoms with E-state index in [0.29, 0.717) is 18.2 Å². The number of piperazine rings is 1. The zero-order chi connectivity index (χ0) is 28.6. The predicted octanol–water partition coefficient (Wildman–Crippen LogP) is 2.40. The molecule has 1 atom stereocenters. The molecule has 2 aliphatic heterocycles. The summed E-state index contributed by atoms with van der Waals surface area (Å²) in [6.07, 6.45) is 2.98. The topological polar surface area (TPSA) is 90.0 Å². The van der Waals surface area contributed by atoms with Crippen molar-refractivity contribution < 1.29 is 4.79 Å². The summed E-state index contributed by atoms with van der Waals surface area (Å²) in [4.78, 5) is 33.2. The third kappa shape index (κ3) is 5.93. The highest BCUT2D eigenvalue weighted by atomic mass is 16.2. The molecule has 5 rings (SSSR count). The first-order valence-electron chi connectivity index (χ1n) is 14.1. The van der Waals surface area contributed by atoms with Gasteiger partial charge in [-0.3, -0.25) is 4.79 Å². The number of benzene rings is 1. The molecule has 0 aliphatic carbocycles. The summed E-state index contributed by atoms with van der Waals surface area (Å²) in [6, 6.07) is 11.1. The number of aryl methyl sites for hydroxylation is 1. The average Bonchev–Trinajstić information content (AvgIpc) is 3.32. The van der Waals surface area contributed by atoms with Crippen LogP contribution in [-0.4, -0.2) is 109 Å². The molecule has 4 heterocycles. The zero-order valence-electron chi connectivity index (χ0n) is 24.8. The molecule has 1 unspecified atom stereocenters. The SMILES string of the molecule is CC1Cc2ccc(-c3cc(C(=O)N(C)CCN(C)C)n(C)c3)cc2CN1c1cc(N2CCN(C)CC2)nc(N)n1. The molecule has 3 aromatic rings. The monoisotopic (exact) mass is 545 g/mol. The number of rotatable bonds is 7. The molecule has 0 spiro atoms. The summed E-state index contributed by atoms with van der Waals surface area (Å²) in [5.41, 5.74) is 11.7. The van der Waals surface area contributed by atoms with E-state index in [-0.39, 0.29) is 11.9 Å². The molecule has 0 bridgehead atoms. The van der Waals surface area contributed by atoms with Crippen LogP contribution in [0.4, 0.5) is 17.6 Å². The summed E-state index contributed by atoms with van der Waals surface area (Å²) in [7, 11) is 9.99. The maximum atomic E-state index is 13.1. The largest absolute Gasteiger partial charge is 0.368 e. The van der Waals surface area contributed by atoms with Crippen LogP contribution >= 0.6 is 0 Å². The van der Waals surface area contributed by atoms with Crippen LogP contribution in [0.15, 0.2) is 36.5 Å². The van der Waals surface area contributed by atoms with E-state index in [1.54, 1.807) is 4.90 Å². The zero-order valence-corrected chi connectivity index (χ0v) is 24.8. The number of aromatic nitrogens is 3. The van der Waals surface area contributed by atoms with Crippen LogP contribution in [0.3, 0.4) is 0 Å². The maximum absolute atomic E-state index is 13.1. The Morgan fingerprint density at radius 2 is 1.68 bits per heavy atom. The predicted molar refractivity (Wildman–Crippen MR) is 162 cm³/mol. The lowest BCUT2D eigenvalue weighted by Gasteiger charge is -2.37. The molecular weight excluding hydrogens is 502 g/mol. The first-order valence-corrected chi connectivity index (χ1v) is 14.1. The maximum Gasteiger partial charge on any atom is 0.270 e. The van der Waals surface area contributed by atoms with Crippen molar-refractivity contribution in [1.29, 1.82) is 0 Å². The van der Waals surface area contributed by atoms with E-state index in [4.69, 9.17) is 5.73 Å². The third-order valence-corrected chi connectivity index (χ3v) is 8.22. The lowest BCUT2D eigenvalue weighted by Crippen LogP contribution is -2.45. The Labute approximate surface area is 238 Å². The molecule has 1 saturated heterocycles. The van der Waals surface area contributed by atoms with Gasteiger partial charge in [0.25, 0.3) is 5.91 Å². The molecule has 0 radical (unpaired) electrons. The highest BCUT2D eigenvalue weighted by Gasteiger charge is 2.27. The van der Waals surface area contributed by atoms with E-state index in [1.165, 1.54) is 11.1 Å². The number of hydrogen-bond donors (Lipinski definition) is 1. The van der Waals surface area contributed by atoms with Gasteiger partial charge in [-0.1, -0.05) is 12.1 Å². The van der Waals surface area contributed by atoms with Gasteiger partial charge in [0.05, 0.1) is 0 Å². The van der Waals surface area contributed by atoms with Crippen molar-refractivity contribution in [2.75, 3.05) is 83.0 Å². The highest BCUT2D eigenvalue weighted by molar-refractivity contribution is 5.94. The Balaban J connectivity index is 1.37. The first kappa shape index (κ1) is 27.9. The number of carbonyl (C=O) groups is 1. The summed E-state index contributed by atoms with van der Waals surface area (Å²) in [5.74, 6) is 2.12. The van der Waals surface area contributed by atoms with Gasteiger partial charge in [0, 0.05) is 83.8 Å². The van der Waals surface area contributed by atoms with Crippen LogP contribution < -0.4 is 15.5 Å². The Morgan fingerprint density at radius 3 is 2.40 bits per heavy atom. The van der Waals surface area contributed by atoms with Crippen LogP contribution in [0.2, 0.25) is 0 Å². The van der Waals surface area contributed by atoms with Gasteiger partial charge in [0.2, 0.25) is 5.95 Å². The summed E-state index contributed by atoms with van der Waals surface area (Å²) < 4.78 is 1.93. The van der Waals surface area contributed by atoms with Crippen LogP contribution in [-0.2, 0) is 20.0 Å². The van der Waals surface area contributed by atoms with E-state index in [0.717, 1.165) is 68.5 Å². The number of nitrogens with two attached hydrogens (primary N) is 1. The minimum absolute atomic E-state index is 0.0334. The first-order chi connectivity index (χ1) is 19.1. The molecule has 0 saturated carbocycles. The van der Waals surface area contributed by atoms with Gasteiger partial charge in [0.15, 0.2) is 0 Å². The van der Waals surface area contributed by atoms with E-state index in [2.05, 4.69) is 67.8 Å². The van der Waals surface area contributed by atoms with Crippen LogP contribution in [0.25, 0.3) is 11.1 Å². The lowest BCUT2D eigenvalue weighted by molar-refractivity contribution is 0.0777. The molecular formula is C30H43N9O. The molecule has 1 aromatic carbocycles. The summed E-state index contributed by atoms with van der Waals surface area (Å²) in [5, 5.41) is 0. The summed E-state index contributed by atoms with van der Waals surface area (Å²) >= 11 is 0. The van der Waals surface area contributed by atoms with Gasteiger partial charge in [0.1, 0.15) is 17.3 Å². The standard InChI is InChI=1S/C30H43N9O/c1-21-15-22-7-8-23(25-17-26(37(6)19-25)29(40)36(5)12-9-34(2)3)16-24(22)20-39(21)28-18-27(32-30(31)33-28)38-13-10-35(4)11-14-38/h7-8,16-19,21H,9-15,20H2,1-6H3,(H2,31,32,33). The van der Waals surface area contributed by atoms with Gasteiger partial charge in [-0.2, -0.15) is 9.97 Å². The van der Waals surface area contributed by atoms with Crippen molar-refractivity contribution in [2.24, 2.45) is 7.05 Å².